The van der Waals surface area contributed by atoms with E-state index in [1.807, 2.05) is 6.92 Å². The Morgan fingerprint density at radius 3 is 2.75 bits per heavy atom. The summed E-state index contributed by atoms with van der Waals surface area (Å²) in [6.07, 6.45) is 0.713. The number of nitro groups is 1. The monoisotopic (exact) mass is 281 g/mol. The lowest BCUT2D eigenvalue weighted by molar-refractivity contribution is -0.385. The van der Waals surface area contributed by atoms with Gasteiger partial charge in [-0.15, -0.1) is 0 Å². The number of urea groups is 1. The summed E-state index contributed by atoms with van der Waals surface area (Å²) in [5.41, 5.74) is 0.984. The molecule has 0 aliphatic heterocycles. The Morgan fingerprint density at radius 1 is 1.50 bits per heavy atom. The number of aliphatic hydroxyl groups excluding tert-OH is 1. The number of aliphatic hydroxyl groups is 1. The predicted molar refractivity (Wildman–Crippen MR) is 75.8 cm³/mol. The van der Waals surface area contributed by atoms with Gasteiger partial charge in [-0.1, -0.05) is 6.92 Å². The first-order chi connectivity index (χ1) is 9.43. The maximum absolute atomic E-state index is 11.6. The Labute approximate surface area is 117 Å². The first kappa shape index (κ1) is 15.9. The van der Waals surface area contributed by atoms with Crippen LogP contribution in [-0.4, -0.2) is 28.7 Å². The van der Waals surface area contributed by atoms with E-state index in [0.29, 0.717) is 30.6 Å². The summed E-state index contributed by atoms with van der Waals surface area (Å²) in [7, 11) is 0. The highest BCUT2D eigenvalue weighted by Gasteiger charge is 2.11. The first-order valence-corrected chi connectivity index (χ1v) is 6.42. The Balaban J connectivity index is 2.50. The number of aryl methyl sites for hydroxylation is 1. The molecule has 1 rings (SSSR count). The van der Waals surface area contributed by atoms with Crippen LogP contribution in [0.15, 0.2) is 18.2 Å². The van der Waals surface area contributed by atoms with Gasteiger partial charge in [0.25, 0.3) is 5.69 Å². The molecule has 0 radical (unpaired) electrons. The summed E-state index contributed by atoms with van der Waals surface area (Å²) in [5, 5.41) is 25.2. The number of amides is 2. The van der Waals surface area contributed by atoms with Gasteiger partial charge >= 0.3 is 6.03 Å². The molecule has 0 aliphatic carbocycles. The molecule has 7 nitrogen and oxygen atoms in total. The van der Waals surface area contributed by atoms with Gasteiger partial charge in [-0.2, -0.15) is 0 Å². The number of nitrogens with one attached hydrogen (secondary N) is 2. The second-order valence-corrected chi connectivity index (χ2v) is 4.49. The third-order valence-electron chi connectivity index (χ3n) is 2.89. The molecule has 1 aromatic rings. The summed E-state index contributed by atoms with van der Waals surface area (Å²) < 4.78 is 0. The molecular formula is C13H19N3O4. The third kappa shape index (κ3) is 4.85. The third-order valence-corrected chi connectivity index (χ3v) is 2.89. The van der Waals surface area contributed by atoms with Crippen molar-refractivity contribution in [2.75, 3.05) is 11.9 Å². The normalized spacial score (nSPS) is 11.8. The lowest BCUT2D eigenvalue weighted by Gasteiger charge is -2.10. The highest BCUT2D eigenvalue weighted by Crippen LogP contribution is 2.21. The van der Waals surface area contributed by atoms with Gasteiger partial charge in [0.15, 0.2) is 0 Å². The van der Waals surface area contributed by atoms with Crippen molar-refractivity contribution in [3.8, 4) is 0 Å². The molecule has 0 spiro atoms. The number of nitro benzene ring substituents is 1. The number of nitrogens with zero attached hydrogens (tertiary/aromatic N) is 1. The molecule has 7 heteroatoms. The second-order valence-electron chi connectivity index (χ2n) is 4.49. The minimum Gasteiger partial charge on any atom is -0.393 e. The highest BCUT2D eigenvalue weighted by molar-refractivity contribution is 5.89. The van der Waals surface area contributed by atoms with Crippen LogP contribution in [0.3, 0.4) is 0 Å². The Hall–Kier alpha value is -2.15. The number of anilines is 1. The van der Waals surface area contributed by atoms with Gasteiger partial charge in [0.2, 0.25) is 0 Å². The van der Waals surface area contributed by atoms with Crippen LogP contribution in [0.1, 0.15) is 25.3 Å². The molecule has 0 bridgehead atoms. The number of carbonyl (C=O) groups is 1. The zero-order valence-corrected chi connectivity index (χ0v) is 11.5. The standard InChI is InChI=1S/C13H19N3O4/c1-3-11(17)6-7-14-13(18)15-10-4-5-12(16(19)20)9(2)8-10/h4-5,8,11,17H,3,6-7H2,1-2H3,(H2,14,15,18)/t11-/m1/s1. The van der Waals surface area contributed by atoms with E-state index in [1.54, 1.807) is 13.0 Å². The zero-order valence-electron chi connectivity index (χ0n) is 11.5. The Bertz CT molecular complexity index is 491. The molecule has 0 aromatic heterocycles. The van der Waals surface area contributed by atoms with Gasteiger partial charge in [-0.3, -0.25) is 10.1 Å². The van der Waals surface area contributed by atoms with Crippen LogP contribution in [0.4, 0.5) is 16.2 Å². The van der Waals surface area contributed by atoms with E-state index in [0.717, 1.165) is 0 Å². The molecule has 110 valence electrons. The Kier molecular flexibility index (Phi) is 5.92. The number of carbonyl (C=O) groups excluding carboxylic acids is 1. The second kappa shape index (κ2) is 7.44. The van der Waals surface area contributed by atoms with Crippen LogP contribution in [0.2, 0.25) is 0 Å². The molecule has 3 N–H and O–H groups in total. The van der Waals surface area contributed by atoms with Crippen LogP contribution in [0.25, 0.3) is 0 Å². The summed E-state index contributed by atoms with van der Waals surface area (Å²) in [6, 6.07) is 3.97. The average molecular weight is 281 g/mol. The minimum atomic E-state index is -0.467. The largest absolute Gasteiger partial charge is 0.393 e. The fourth-order valence-corrected chi connectivity index (χ4v) is 1.67. The smallest absolute Gasteiger partial charge is 0.319 e. The maximum Gasteiger partial charge on any atom is 0.319 e. The summed E-state index contributed by atoms with van der Waals surface area (Å²) in [5.74, 6) is 0. The van der Waals surface area contributed by atoms with Crippen molar-refractivity contribution < 1.29 is 14.8 Å². The average Bonchev–Trinajstić information content (AvgIpc) is 2.38. The molecule has 1 atom stereocenters. The van der Waals surface area contributed by atoms with Gasteiger partial charge in [0.1, 0.15) is 0 Å². The zero-order chi connectivity index (χ0) is 15.1. The first-order valence-electron chi connectivity index (χ1n) is 6.42. The SMILES string of the molecule is CC[C@@H](O)CCNC(=O)Nc1ccc([N+](=O)[O-])c(C)c1. The van der Waals surface area contributed by atoms with Crippen LogP contribution in [-0.2, 0) is 0 Å². The number of benzene rings is 1. The van der Waals surface area contributed by atoms with Gasteiger partial charge < -0.3 is 15.7 Å². The Morgan fingerprint density at radius 2 is 2.20 bits per heavy atom. The van der Waals surface area contributed by atoms with Crippen molar-refractivity contribution in [3.63, 3.8) is 0 Å². The summed E-state index contributed by atoms with van der Waals surface area (Å²) >= 11 is 0. The van der Waals surface area contributed by atoms with Crippen LogP contribution >= 0.6 is 0 Å². The van der Waals surface area contributed by atoms with E-state index < -0.39 is 17.1 Å². The van der Waals surface area contributed by atoms with Crippen molar-refractivity contribution in [3.05, 3.63) is 33.9 Å². The molecule has 0 saturated heterocycles. The van der Waals surface area contributed by atoms with Gasteiger partial charge in [0.05, 0.1) is 11.0 Å². The molecule has 0 unspecified atom stereocenters. The van der Waals surface area contributed by atoms with Gasteiger partial charge in [-0.05, 0) is 31.9 Å². The number of rotatable bonds is 6. The predicted octanol–water partition coefficient (Wildman–Crippen LogP) is 2.19. The quantitative estimate of drug-likeness (QED) is 0.549. The van der Waals surface area contributed by atoms with E-state index >= 15 is 0 Å². The molecular weight excluding hydrogens is 262 g/mol. The van der Waals surface area contributed by atoms with Crippen molar-refractivity contribution >= 4 is 17.4 Å². The van der Waals surface area contributed by atoms with Gasteiger partial charge in [0, 0.05) is 23.9 Å². The van der Waals surface area contributed by atoms with Crippen LogP contribution < -0.4 is 10.6 Å². The van der Waals surface area contributed by atoms with Crippen molar-refractivity contribution in [2.45, 2.75) is 32.8 Å². The summed E-state index contributed by atoms with van der Waals surface area (Å²) in [6.45, 7) is 3.84. The number of hydrogen-bond acceptors (Lipinski definition) is 4. The lowest BCUT2D eigenvalue weighted by Crippen LogP contribution is -2.31. The topological polar surface area (TPSA) is 104 Å². The molecule has 0 aliphatic rings. The molecule has 1 aromatic carbocycles. The van der Waals surface area contributed by atoms with E-state index in [2.05, 4.69) is 10.6 Å². The van der Waals surface area contributed by atoms with Crippen molar-refractivity contribution in [2.24, 2.45) is 0 Å². The van der Waals surface area contributed by atoms with E-state index in [-0.39, 0.29) is 5.69 Å². The fourth-order valence-electron chi connectivity index (χ4n) is 1.67. The van der Waals surface area contributed by atoms with Crippen LogP contribution in [0.5, 0.6) is 0 Å². The molecule has 0 fully saturated rings. The molecule has 2 amide bonds. The minimum absolute atomic E-state index is 0.0158. The molecule has 20 heavy (non-hydrogen) atoms. The van der Waals surface area contributed by atoms with Crippen LogP contribution in [0, 0.1) is 17.0 Å². The maximum atomic E-state index is 11.6. The van der Waals surface area contributed by atoms with Crippen molar-refractivity contribution in [1.29, 1.82) is 0 Å². The lowest BCUT2D eigenvalue weighted by atomic mass is 10.2. The van der Waals surface area contributed by atoms with E-state index in [4.69, 9.17) is 0 Å². The fraction of sp³-hybridized carbons (Fsp3) is 0.462. The van der Waals surface area contributed by atoms with E-state index in [1.165, 1.54) is 12.1 Å². The van der Waals surface area contributed by atoms with Crippen molar-refractivity contribution in [1.82, 2.24) is 5.32 Å². The molecule has 0 heterocycles. The highest BCUT2D eigenvalue weighted by atomic mass is 16.6. The summed E-state index contributed by atoms with van der Waals surface area (Å²) in [4.78, 5) is 21.8. The molecule has 0 saturated carbocycles. The van der Waals surface area contributed by atoms with E-state index in [9.17, 15) is 20.0 Å². The van der Waals surface area contributed by atoms with Gasteiger partial charge in [-0.25, -0.2) is 4.79 Å². The number of hydrogen-bond donors (Lipinski definition) is 3.